The van der Waals surface area contributed by atoms with Gasteiger partial charge >= 0.3 is 0 Å². The van der Waals surface area contributed by atoms with Crippen LogP contribution in [-0.2, 0) is 0 Å². The lowest BCUT2D eigenvalue weighted by Crippen LogP contribution is -2.11. The molecule has 1 aromatic carbocycles. The Morgan fingerprint density at radius 1 is 1.31 bits per heavy atom. The zero-order chi connectivity index (χ0) is 11.4. The van der Waals surface area contributed by atoms with E-state index in [1.54, 1.807) is 0 Å². The van der Waals surface area contributed by atoms with Crippen molar-refractivity contribution < 1.29 is 9.47 Å². The van der Waals surface area contributed by atoms with Crippen molar-refractivity contribution in [1.29, 1.82) is 0 Å². The van der Waals surface area contributed by atoms with Crippen LogP contribution in [0.5, 0.6) is 11.5 Å². The van der Waals surface area contributed by atoms with E-state index in [1.165, 1.54) is 12.8 Å². The smallest absolute Gasteiger partial charge is 0.145 e. The van der Waals surface area contributed by atoms with Crippen LogP contribution in [0.25, 0.3) is 0 Å². The third-order valence-corrected chi connectivity index (χ3v) is 2.89. The first-order valence-electron chi connectivity index (χ1n) is 5.98. The van der Waals surface area contributed by atoms with Crippen LogP contribution in [0, 0.1) is 0 Å². The molecule has 0 aromatic heterocycles. The summed E-state index contributed by atoms with van der Waals surface area (Å²) in [5, 5.41) is 0. The molecule has 1 saturated carbocycles. The maximum Gasteiger partial charge on any atom is 0.145 e. The summed E-state index contributed by atoms with van der Waals surface area (Å²) in [6, 6.07) is 5.64. The average molecular weight is 221 g/mol. The molecule has 3 heteroatoms. The van der Waals surface area contributed by atoms with E-state index in [1.807, 2.05) is 25.1 Å². The molecule has 0 radical (unpaired) electrons. The molecule has 3 nitrogen and oxygen atoms in total. The second-order valence-electron chi connectivity index (χ2n) is 4.16. The van der Waals surface area contributed by atoms with Crippen LogP contribution < -0.4 is 15.2 Å². The van der Waals surface area contributed by atoms with E-state index in [2.05, 4.69) is 0 Å². The van der Waals surface area contributed by atoms with Crippen molar-refractivity contribution in [3.05, 3.63) is 18.2 Å². The summed E-state index contributed by atoms with van der Waals surface area (Å²) in [6.45, 7) is 2.57. The van der Waals surface area contributed by atoms with E-state index in [0.717, 1.165) is 24.3 Å². The maximum absolute atomic E-state index is 5.88. The minimum Gasteiger partial charge on any atom is -0.492 e. The Bertz CT molecular complexity index is 346. The summed E-state index contributed by atoms with van der Waals surface area (Å²) < 4.78 is 11.3. The lowest BCUT2D eigenvalue weighted by Gasteiger charge is -2.14. The van der Waals surface area contributed by atoms with Crippen molar-refractivity contribution in [1.82, 2.24) is 0 Å². The molecule has 1 aliphatic rings. The van der Waals surface area contributed by atoms with Crippen molar-refractivity contribution in [2.45, 2.75) is 38.7 Å². The second-order valence-corrected chi connectivity index (χ2v) is 4.16. The molecule has 0 spiro atoms. The van der Waals surface area contributed by atoms with Gasteiger partial charge in [-0.25, -0.2) is 0 Å². The first kappa shape index (κ1) is 11.1. The summed E-state index contributed by atoms with van der Waals surface area (Å²) in [5.74, 6) is 1.59. The third-order valence-electron chi connectivity index (χ3n) is 2.89. The molecule has 0 saturated heterocycles. The van der Waals surface area contributed by atoms with Gasteiger partial charge in [-0.2, -0.15) is 0 Å². The van der Waals surface area contributed by atoms with Gasteiger partial charge in [-0.3, -0.25) is 0 Å². The highest BCUT2D eigenvalue weighted by Crippen LogP contribution is 2.30. The zero-order valence-electron chi connectivity index (χ0n) is 9.74. The fraction of sp³-hybridized carbons (Fsp3) is 0.538. The van der Waals surface area contributed by atoms with E-state index in [9.17, 15) is 0 Å². The summed E-state index contributed by atoms with van der Waals surface area (Å²) in [6.07, 6.45) is 5.25. The number of nitrogen functional groups attached to an aromatic ring is 1. The number of hydrogen-bond donors (Lipinski definition) is 1. The molecule has 2 rings (SSSR count). The van der Waals surface area contributed by atoms with Crippen molar-refractivity contribution in [3.8, 4) is 11.5 Å². The Balaban J connectivity index is 2.05. The van der Waals surface area contributed by atoms with Crippen molar-refractivity contribution in [3.63, 3.8) is 0 Å². The van der Waals surface area contributed by atoms with Gasteiger partial charge in [0.2, 0.25) is 0 Å². The molecule has 0 heterocycles. The van der Waals surface area contributed by atoms with E-state index in [-0.39, 0.29) is 0 Å². The molecule has 88 valence electrons. The molecule has 0 unspecified atom stereocenters. The quantitative estimate of drug-likeness (QED) is 0.795. The van der Waals surface area contributed by atoms with Crippen molar-refractivity contribution in [2.75, 3.05) is 12.3 Å². The van der Waals surface area contributed by atoms with Gasteiger partial charge in [0.05, 0.1) is 18.4 Å². The van der Waals surface area contributed by atoms with E-state index in [4.69, 9.17) is 15.2 Å². The lowest BCUT2D eigenvalue weighted by molar-refractivity contribution is 0.209. The molecule has 2 N–H and O–H groups in total. The van der Waals surface area contributed by atoms with Gasteiger partial charge in [-0.1, -0.05) is 0 Å². The SMILES string of the molecule is CCOc1cc(OC2CCCC2)ccc1N. The first-order chi connectivity index (χ1) is 7.79. The monoisotopic (exact) mass is 221 g/mol. The Hall–Kier alpha value is -1.38. The topological polar surface area (TPSA) is 44.5 Å². The Morgan fingerprint density at radius 3 is 2.75 bits per heavy atom. The Kier molecular flexibility index (Phi) is 3.54. The van der Waals surface area contributed by atoms with Gasteiger partial charge in [-0.05, 0) is 44.7 Å². The van der Waals surface area contributed by atoms with E-state index < -0.39 is 0 Å². The molecular weight excluding hydrogens is 202 g/mol. The molecule has 0 bridgehead atoms. The van der Waals surface area contributed by atoms with Gasteiger partial charge < -0.3 is 15.2 Å². The number of ether oxygens (including phenoxy) is 2. The lowest BCUT2D eigenvalue weighted by atomic mass is 10.2. The van der Waals surface area contributed by atoms with Crippen LogP contribution in [0.4, 0.5) is 5.69 Å². The summed E-state index contributed by atoms with van der Waals surface area (Å²) >= 11 is 0. The predicted molar refractivity (Wildman–Crippen MR) is 64.9 cm³/mol. The zero-order valence-corrected chi connectivity index (χ0v) is 9.74. The molecule has 1 fully saturated rings. The summed E-state index contributed by atoms with van der Waals surface area (Å²) in [5.41, 5.74) is 6.47. The van der Waals surface area contributed by atoms with Crippen LogP contribution in [0.1, 0.15) is 32.6 Å². The molecule has 0 amide bonds. The van der Waals surface area contributed by atoms with E-state index >= 15 is 0 Å². The minimum atomic E-state index is 0.373. The number of rotatable bonds is 4. The van der Waals surface area contributed by atoms with E-state index in [0.29, 0.717) is 18.4 Å². The molecule has 1 aliphatic carbocycles. The largest absolute Gasteiger partial charge is 0.492 e. The van der Waals surface area contributed by atoms with Gasteiger partial charge in [-0.15, -0.1) is 0 Å². The van der Waals surface area contributed by atoms with Crippen molar-refractivity contribution in [2.24, 2.45) is 0 Å². The average Bonchev–Trinajstić information content (AvgIpc) is 2.76. The number of hydrogen-bond acceptors (Lipinski definition) is 3. The van der Waals surface area contributed by atoms with Crippen LogP contribution in [0.15, 0.2) is 18.2 Å². The Labute approximate surface area is 96.5 Å². The highest BCUT2D eigenvalue weighted by Gasteiger charge is 2.16. The summed E-state index contributed by atoms with van der Waals surface area (Å²) in [7, 11) is 0. The molecule has 1 aromatic rings. The second kappa shape index (κ2) is 5.10. The third kappa shape index (κ3) is 2.60. The fourth-order valence-corrected chi connectivity index (χ4v) is 2.07. The van der Waals surface area contributed by atoms with Gasteiger partial charge in [0, 0.05) is 6.07 Å². The van der Waals surface area contributed by atoms with Gasteiger partial charge in [0.15, 0.2) is 0 Å². The maximum atomic E-state index is 5.88. The fourth-order valence-electron chi connectivity index (χ4n) is 2.07. The van der Waals surface area contributed by atoms with Crippen LogP contribution >= 0.6 is 0 Å². The van der Waals surface area contributed by atoms with Gasteiger partial charge in [0.25, 0.3) is 0 Å². The predicted octanol–water partition coefficient (Wildman–Crippen LogP) is 2.99. The number of anilines is 1. The standard InChI is InChI=1S/C13H19NO2/c1-2-15-13-9-11(7-8-12(13)14)16-10-5-3-4-6-10/h7-10H,2-6,14H2,1H3. The first-order valence-corrected chi connectivity index (χ1v) is 5.98. The molecule has 0 atom stereocenters. The normalized spacial score (nSPS) is 16.3. The number of nitrogens with two attached hydrogens (primary N) is 1. The molecule has 16 heavy (non-hydrogen) atoms. The van der Waals surface area contributed by atoms with Crippen LogP contribution in [0.3, 0.4) is 0 Å². The van der Waals surface area contributed by atoms with Gasteiger partial charge in [0.1, 0.15) is 11.5 Å². The van der Waals surface area contributed by atoms with Crippen LogP contribution in [0.2, 0.25) is 0 Å². The Morgan fingerprint density at radius 2 is 2.06 bits per heavy atom. The minimum absolute atomic E-state index is 0.373. The molecule has 0 aliphatic heterocycles. The summed E-state index contributed by atoms with van der Waals surface area (Å²) in [4.78, 5) is 0. The molecular formula is C13H19NO2. The number of benzene rings is 1. The highest BCUT2D eigenvalue weighted by atomic mass is 16.5. The van der Waals surface area contributed by atoms with Crippen LogP contribution in [-0.4, -0.2) is 12.7 Å². The highest BCUT2D eigenvalue weighted by molar-refractivity contribution is 5.55. The van der Waals surface area contributed by atoms with Crippen molar-refractivity contribution >= 4 is 5.69 Å².